The van der Waals surface area contributed by atoms with E-state index in [0.29, 0.717) is 0 Å². The van der Waals surface area contributed by atoms with Crippen LogP contribution in [0, 0.1) is 5.41 Å². The molecule has 3 N–H and O–H groups in total. The number of nitrogens with two attached hydrogens (primary N) is 1. The third kappa shape index (κ3) is 3.65. The van der Waals surface area contributed by atoms with Gasteiger partial charge < -0.3 is 5.73 Å². The Morgan fingerprint density at radius 1 is 1.44 bits per heavy atom. The van der Waals surface area contributed by atoms with Crippen molar-refractivity contribution in [2.24, 2.45) is 11.1 Å². The summed E-state index contributed by atoms with van der Waals surface area (Å²) in [7, 11) is -3.65. The Morgan fingerprint density at radius 3 is 2.50 bits per heavy atom. The molecule has 0 atom stereocenters. The van der Waals surface area contributed by atoms with Crippen LogP contribution in [0.3, 0.4) is 0 Å². The molecule has 0 unspecified atom stereocenters. The second-order valence-corrected chi connectivity index (χ2v) is 7.09. The molecule has 1 aromatic carbocycles. The van der Waals surface area contributed by atoms with Crippen LogP contribution in [0.25, 0.3) is 0 Å². The molecule has 0 spiro atoms. The first kappa shape index (κ1) is 15.4. The van der Waals surface area contributed by atoms with E-state index in [9.17, 15) is 8.42 Å². The molecular weight excluding hydrogens is 292 g/mol. The molecular formula is C11H15ClN2O2S2. The van der Waals surface area contributed by atoms with Crippen molar-refractivity contribution in [1.82, 2.24) is 4.72 Å². The summed E-state index contributed by atoms with van der Waals surface area (Å²) in [5.41, 5.74) is 4.95. The van der Waals surface area contributed by atoms with Gasteiger partial charge in [0.2, 0.25) is 10.0 Å². The highest BCUT2D eigenvalue weighted by molar-refractivity contribution is 7.89. The van der Waals surface area contributed by atoms with Gasteiger partial charge in [0, 0.05) is 12.0 Å². The number of sulfonamides is 1. The van der Waals surface area contributed by atoms with E-state index < -0.39 is 15.4 Å². The Morgan fingerprint density at radius 2 is 2.00 bits per heavy atom. The maximum atomic E-state index is 12.0. The van der Waals surface area contributed by atoms with E-state index in [0.717, 1.165) is 0 Å². The van der Waals surface area contributed by atoms with Crippen LogP contribution in [0.1, 0.15) is 13.8 Å². The van der Waals surface area contributed by atoms with Gasteiger partial charge in [-0.2, -0.15) is 0 Å². The summed E-state index contributed by atoms with van der Waals surface area (Å²) in [6, 6.07) is 6.24. The summed E-state index contributed by atoms with van der Waals surface area (Å²) in [5, 5.41) is 0.179. The first-order valence-corrected chi connectivity index (χ1v) is 7.48. The summed E-state index contributed by atoms with van der Waals surface area (Å²) in [6.45, 7) is 3.66. The minimum absolute atomic E-state index is 0.0467. The van der Waals surface area contributed by atoms with Gasteiger partial charge in [0.15, 0.2) is 0 Å². The van der Waals surface area contributed by atoms with Crippen molar-refractivity contribution in [3.05, 3.63) is 29.3 Å². The smallest absolute Gasteiger partial charge is 0.242 e. The van der Waals surface area contributed by atoms with Crippen LogP contribution in [0.4, 0.5) is 0 Å². The Balaban J connectivity index is 2.92. The van der Waals surface area contributed by atoms with Crippen LogP contribution in [-0.2, 0) is 10.0 Å². The third-order valence-corrected chi connectivity index (χ3v) is 4.95. The van der Waals surface area contributed by atoms with Crippen LogP contribution in [-0.4, -0.2) is 20.0 Å². The van der Waals surface area contributed by atoms with E-state index >= 15 is 0 Å². The van der Waals surface area contributed by atoms with Crippen molar-refractivity contribution in [1.29, 1.82) is 0 Å². The minimum atomic E-state index is -3.65. The van der Waals surface area contributed by atoms with E-state index in [4.69, 9.17) is 29.6 Å². The molecule has 0 aliphatic heterocycles. The quantitative estimate of drug-likeness (QED) is 0.815. The molecule has 1 rings (SSSR count). The Hall–Kier alpha value is -0.690. The average Bonchev–Trinajstić information content (AvgIpc) is 2.27. The van der Waals surface area contributed by atoms with Gasteiger partial charge in [-0.05, 0) is 12.1 Å². The van der Waals surface area contributed by atoms with Crippen molar-refractivity contribution >= 4 is 38.8 Å². The molecule has 18 heavy (non-hydrogen) atoms. The lowest BCUT2D eigenvalue weighted by Gasteiger charge is -2.23. The first-order chi connectivity index (χ1) is 8.17. The molecule has 0 aliphatic rings. The van der Waals surface area contributed by atoms with Gasteiger partial charge in [0.05, 0.1) is 10.0 Å². The number of benzene rings is 1. The number of rotatable bonds is 5. The molecule has 0 saturated heterocycles. The van der Waals surface area contributed by atoms with Crippen molar-refractivity contribution in [2.75, 3.05) is 6.54 Å². The second kappa shape index (κ2) is 5.52. The van der Waals surface area contributed by atoms with Gasteiger partial charge >= 0.3 is 0 Å². The molecule has 100 valence electrons. The van der Waals surface area contributed by atoms with Gasteiger partial charge in [-0.3, -0.25) is 0 Å². The zero-order chi connectivity index (χ0) is 14.0. The van der Waals surface area contributed by atoms with Crippen molar-refractivity contribution in [2.45, 2.75) is 18.7 Å². The normalized spacial score (nSPS) is 12.4. The molecule has 0 aromatic heterocycles. The molecule has 0 fully saturated rings. The van der Waals surface area contributed by atoms with Gasteiger partial charge in [0.1, 0.15) is 4.90 Å². The number of thiocarbonyl (C=S) groups is 1. The predicted molar refractivity (Wildman–Crippen MR) is 77.2 cm³/mol. The van der Waals surface area contributed by atoms with Crippen LogP contribution >= 0.6 is 23.8 Å². The van der Waals surface area contributed by atoms with Crippen LogP contribution in [0.15, 0.2) is 29.2 Å². The summed E-state index contributed by atoms with van der Waals surface area (Å²) >= 11 is 10.7. The summed E-state index contributed by atoms with van der Waals surface area (Å²) in [4.78, 5) is 0.301. The second-order valence-electron chi connectivity index (χ2n) is 4.50. The lowest BCUT2D eigenvalue weighted by molar-refractivity contribution is 0.501. The maximum Gasteiger partial charge on any atom is 0.242 e. The molecule has 1 aromatic rings. The highest BCUT2D eigenvalue weighted by Gasteiger charge is 2.25. The van der Waals surface area contributed by atoms with Crippen molar-refractivity contribution < 1.29 is 8.42 Å². The monoisotopic (exact) mass is 306 g/mol. The number of hydrogen-bond donors (Lipinski definition) is 2. The summed E-state index contributed by atoms with van der Waals surface area (Å²) in [6.07, 6.45) is 0. The third-order valence-electron chi connectivity index (χ3n) is 2.50. The largest absolute Gasteiger partial charge is 0.393 e. The van der Waals surface area contributed by atoms with E-state index in [1.54, 1.807) is 26.0 Å². The number of halogens is 1. The Kier molecular flexibility index (Phi) is 4.72. The standard InChI is InChI=1S/C11H15ClN2O2S2/c1-11(2,10(13)17)7-14-18(15,16)9-6-4-3-5-8(9)12/h3-6,14H,7H2,1-2H3,(H2,13,17). The highest BCUT2D eigenvalue weighted by Crippen LogP contribution is 2.21. The van der Waals surface area contributed by atoms with Gasteiger partial charge in [-0.25, -0.2) is 13.1 Å². The van der Waals surface area contributed by atoms with Gasteiger partial charge in [-0.1, -0.05) is 49.8 Å². The molecule has 0 radical (unpaired) electrons. The lowest BCUT2D eigenvalue weighted by atomic mass is 9.94. The summed E-state index contributed by atoms with van der Waals surface area (Å²) < 4.78 is 26.5. The lowest BCUT2D eigenvalue weighted by Crippen LogP contribution is -2.41. The van der Waals surface area contributed by atoms with Crippen molar-refractivity contribution in [3.8, 4) is 0 Å². The summed E-state index contributed by atoms with van der Waals surface area (Å²) in [5.74, 6) is 0. The molecule has 0 aliphatic carbocycles. The molecule has 0 saturated carbocycles. The fraction of sp³-hybridized carbons (Fsp3) is 0.364. The molecule has 0 bridgehead atoms. The van der Waals surface area contributed by atoms with Gasteiger partial charge in [-0.15, -0.1) is 0 Å². The molecule has 0 amide bonds. The fourth-order valence-electron chi connectivity index (χ4n) is 1.10. The van der Waals surface area contributed by atoms with E-state index in [2.05, 4.69) is 4.72 Å². The van der Waals surface area contributed by atoms with E-state index in [1.165, 1.54) is 12.1 Å². The fourth-order valence-corrected chi connectivity index (χ4v) is 2.90. The first-order valence-electron chi connectivity index (χ1n) is 5.21. The van der Waals surface area contributed by atoms with E-state index in [-0.39, 0.29) is 21.5 Å². The zero-order valence-electron chi connectivity index (χ0n) is 10.1. The van der Waals surface area contributed by atoms with Gasteiger partial charge in [0.25, 0.3) is 0 Å². The molecule has 0 heterocycles. The highest BCUT2D eigenvalue weighted by atomic mass is 35.5. The number of hydrogen-bond acceptors (Lipinski definition) is 3. The SMILES string of the molecule is CC(C)(CNS(=O)(=O)c1ccccc1Cl)C(N)=S. The van der Waals surface area contributed by atoms with E-state index in [1.807, 2.05) is 0 Å². The average molecular weight is 307 g/mol. The number of nitrogens with one attached hydrogen (secondary N) is 1. The minimum Gasteiger partial charge on any atom is -0.393 e. The zero-order valence-corrected chi connectivity index (χ0v) is 12.5. The van der Waals surface area contributed by atoms with Crippen molar-refractivity contribution in [3.63, 3.8) is 0 Å². The van der Waals surface area contributed by atoms with Crippen LogP contribution < -0.4 is 10.5 Å². The predicted octanol–water partition coefficient (Wildman–Crippen LogP) is 1.93. The van der Waals surface area contributed by atoms with Crippen LogP contribution in [0.5, 0.6) is 0 Å². The molecule has 4 nitrogen and oxygen atoms in total. The molecule has 7 heteroatoms. The Bertz CT molecular complexity index is 556. The topological polar surface area (TPSA) is 72.2 Å². The Labute approximate surface area is 118 Å². The van der Waals surface area contributed by atoms with Crippen LogP contribution in [0.2, 0.25) is 5.02 Å². The maximum absolute atomic E-state index is 12.0.